The third kappa shape index (κ3) is 4.10. The zero-order valence-corrected chi connectivity index (χ0v) is 12.9. The fourth-order valence-corrected chi connectivity index (χ4v) is 4.12. The molecule has 4 nitrogen and oxygen atoms in total. The Labute approximate surface area is 122 Å². The van der Waals surface area contributed by atoms with Gasteiger partial charge in [-0.05, 0) is 37.1 Å². The average molecular weight is 322 g/mol. The van der Waals surface area contributed by atoms with Gasteiger partial charge in [0.05, 0.1) is 11.0 Å². The largest absolute Gasteiger partial charge is 0.377 e. The number of rotatable bonds is 4. The zero-order chi connectivity index (χ0) is 14.0. The maximum Gasteiger partial charge on any atom is 0.238 e. The van der Waals surface area contributed by atoms with Crippen molar-refractivity contribution in [1.82, 2.24) is 0 Å². The van der Waals surface area contributed by atoms with E-state index in [4.69, 9.17) is 21.5 Å². The van der Waals surface area contributed by atoms with Gasteiger partial charge >= 0.3 is 0 Å². The first-order valence-electron chi connectivity index (χ1n) is 5.92. The zero-order valence-electron chi connectivity index (χ0n) is 10.5. The van der Waals surface area contributed by atoms with E-state index < -0.39 is 10.0 Å². The van der Waals surface area contributed by atoms with Crippen LogP contribution in [0.4, 0.5) is 0 Å². The summed E-state index contributed by atoms with van der Waals surface area (Å²) in [7, 11) is -3.71. The lowest BCUT2D eigenvalue weighted by Gasteiger charge is -2.13. The second kappa shape index (κ2) is 6.01. The van der Waals surface area contributed by atoms with Crippen molar-refractivity contribution in [3.8, 4) is 0 Å². The van der Waals surface area contributed by atoms with Crippen molar-refractivity contribution < 1.29 is 13.2 Å². The molecule has 0 aromatic heterocycles. The molecule has 0 bridgehead atoms. The lowest BCUT2D eigenvalue weighted by Crippen LogP contribution is -2.14. The van der Waals surface area contributed by atoms with Gasteiger partial charge in [-0.1, -0.05) is 11.6 Å². The summed E-state index contributed by atoms with van der Waals surface area (Å²) >= 11 is 7.68. The molecule has 2 N–H and O–H groups in total. The summed E-state index contributed by atoms with van der Waals surface area (Å²) in [6.45, 7) is 2.84. The summed E-state index contributed by atoms with van der Waals surface area (Å²) in [5.41, 5.74) is 0.862. The third-order valence-corrected chi connectivity index (χ3v) is 5.69. The fraction of sp³-hybridized carbons (Fsp3) is 0.500. The maximum absolute atomic E-state index is 11.3. The predicted octanol–water partition coefficient (Wildman–Crippen LogP) is 2.40. The van der Waals surface area contributed by atoms with E-state index in [2.05, 4.69) is 6.92 Å². The van der Waals surface area contributed by atoms with Crippen LogP contribution in [0.15, 0.2) is 23.1 Å². The molecule has 1 fully saturated rings. The molecular weight excluding hydrogens is 306 g/mol. The van der Waals surface area contributed by atoms with Gasteiger partial charge in [-0.3, -0.25) is 0 Å². The van der Waals surface area contributed by atoms with Crippen LogP contribution in [0.25, 0.3) is 0 Å². The van der Waals surface area contributed by atoms with E-state index >= 15 is 0 Å². The number of ether oxygens (including phenoxy) is 1. The topological polar surface area (TPSA) is 69.4 Å². The molecule has 1 aromatic carbocycles. The van der Waals surface area contributed by atoms with Crippen LogP contribution in [-0.2, 0) is 20.5 Å². The third-order valence-electron chi connectivity index (χ3n) is 3.03. The van der Waals surface area contributed by atoms with Crippen molar-refractivity contribution in [3.05, 3.63) is 28.8 Å². The van der Waals surface area contributed by atoms with Crippen molar-refractivity contribution in [3.63, 3.8) is 0 Å². The molecule has 0 spiro atoms. The summed E-state index contributed by atoms with van der Waals surface area (Å²) < 4.78 is 28.2. The normalized spacial score (nSPS) is 23.7. The van der Waals surface area contributed by atoms with E-state index in [9.17, 15) is 8.42 Å². The van der Waals surface area contributed by atoms with Gasteiger partial charge in [0.1, 0.15) is 0 Å². The summed E-state index contributed by atoms with van der Waals surface area (Å²) in [4.78, 5) is 0.0614. The number of nitrogens with two attached hydrogens (primary N) is 1. The molecular formula is C12H16ClNO3S2. The lowest BCUT2D eigenvalue weighted by molar-refractivity contribution is 0.127. The highest BCUT2D eigenvalue weighted by Gasteiger charge is 2.24. The average Bonchev–Trinajstić information content (AvgIpc) is 2.70. The Morgan fingerprint density at radius 2 is 2.21 bits per heavy atom. The second-order valence-electron chi connectivity index (χ2n) is 4.55. The first-order valence-corrected chi connectivity index (χ1v) is 8.89. The first-order chi connectivity index (χ1) is 8.86. The summed E-state index contributed by atoms with van der Waals surface area (Å²) in [6, 6.07) is 4.71. The number of hydrogen-bond acceptors (Lipinski definition) is 4. The minimum Gasteiger partial charge on any atom is -0.377 e. The molecule has 1 aliphatic heterocycles. The second-order valence-corrected chi connectivity index (χ2v) is 7.78. The van der Waals surface area contributed by atoms with Crippen LogP contribution in [0.5, 0.6) is 0 Å². The van der Waals surface area contributed by atoms with Gasteiger partial charge in [-0.15, -0.1) is 0 Å². The Morgan fingerprint density at radius 1 is 1.47 bits per heavy atom. The van der Waals surface area contributed by atoms with Crippen LogP contribution in [0.3, 0.4) is 0 Å². The van der Waals surface area contributed by atoms with Crippen molar-refractivity contribution in [2.75, 3.05) is 6.61 Å². The number of thioether (sulfide) groups is 1. The van der Waals surface area contributed by atoms with E-state index in [0.717, 1.165) is 18.6 Å². The maximum atomic E-state index is 11.3. The van der Waals surface area contributed by atoms with Crippen molar-refractivity contribution in [2.24, 2.45) is 5.14 Å². The van der Waals surface area contributed by atoms with Crippen LogP contribution in [0.2, 0.25) is 5.02 Å². The minimum absolute atomic E-state index is 0.0614. The number of benzene rings is 1. The molecule has 19 heavy (non-hydrogen) atoms. The van der Waals surface area contributed by atoms with E-state index in [1.54, 1.807) is 23.9 Å². The number of primary sulfonamides is 1. The Morgan fingerprint density at radius 3 is 2.79 bits per heavy atom. The molecule has 0 saturated carbocycles. The highest BCUT2D eigenvalue weighted by Crippen LogP contribution is 2.30. The standard InChI is InChI=1S/C12H16ClNO3S2/c1-8-12(2-3-17-8)18-7-9-4-10(13)6-11(5-9)19(14,15)16/h4-6,8,12H,2-3,7H2,1H3,(H2,14,15,16)/t8-,12+/m1/s1. The molecule has 2 rings (SSSR count). The quantitative estimate of drug-likeness (QED) is 0.924. The monoisotopic (exact) mass is 321 g/mol. The molecule has 1 heterocycles. The smallest absolute Gasteiger partial charge is 0.238 e. The molecule has 0 amide bonds. The van der Waals surface area contributed by atoms with E-state index in [0.29, 0.717) is 16.0 Å². The van der Waals surface area contributed by atoms with E-state index in [1.165, 1.54) is 6.07 Å². The molecule has 0 aliphatic carbocycles. The number of hydrogen-bond donors (Lipinski definition) is 1. The van der Waals surface area contributed by atoms with Gasteiger partial charge in [0.25, 0.3) is 0 Å². The van der Waals surface area contributed by atoms with Crippen LogP contribution < -0.4 is 5.14 Å². The minimum atomic E-state index is -3.71. The van der Waals surface area contributed by atoms with Crippen molar-refractivity contribution in [2.45, 2.75) is 35.3 Å². The highest BCUT2D eigenvalue weighted by atomic mass is 35.5. The van der Waals surface area contributed by atoms with Gasteiger partial charge in [-0.2, -0.15) is 11.8 Å². The summed E-state index contributed by atoms with van der Waals surface area (Å²) in [5.74, 6) is 0.696. The molecule has 0 radical (unpaired) electrons. The summed E-state index contributed by atoms with van der Waals surface area (Å²) in [6.07, 6.45) is 1.26. The van der Waals surface area contributed by atoms with Crippen LogP contribution in [-0.4, -0.2) is 26.4 Å². The Bertz CT molecular complexity index is 562. The van der Waals surface area contributed by atoms with E-state index in [1.807, 2.05) is 0 Å². The number of halogens is 1. The fourth-order valence-electron chi connectivity index (χ4n) is 2.00. The highest BCUT2D eigenvalue weighted by molar-refractivity contribution is 7.99. The first kappa shape index (κ1) is 15.1. The van der Waals surface area contributed by atoms with Gasteiger partial charge in [-0.25, -0.2) is 13.6 Å². The Kier molecular flexibility index (Phi) is 4.79. The SMILES string of the molecule is C[C@H]1OCC[C@@H]1SCc1cc(Cl)cc(S(N)(=O)=O)c1. The van der Waals surface area contributed by atoms with Gasteiger partial charge in [0.2, 0.25) is 10.0 Å². The van der Waals surface area contributed by atoms with Crippen molar-refractivity contribution >= 4 is 33.4 Å². The molecule has 7 heteroatoms. The number of sulfonamides is 1. The molecule has 2 atom stereocenters. The molecule has 0 unspecified atom stereocenters. The van der Waals surface area contributed by atoms with Crippen LogP contribution in [0.1, 0.15) is 18.9 Å². The summed E-state index contributed by atoms with van der Waals surface area (Å²) in [5, 5.41) is 5.95. The molecule has 1 aromatic rings. The Balaban J connectivity index is 2.10. The van der Waals surface area contributed by atoms with Crippen LogP contribution in [0, 0.1) is 0 Å². The molecule has 1 saturated heterocycles. The van der Waals surface area contributed by atoms with Crippen molar-refractivity contribution in [1.29, 1.82) is 0 Å². The van der Waals surface area contributed by atoms with Gasteiger partial charge < -0.3 is 4.74 Å². The molecule has 106 valence electrons. The van der Waals surface area contributed by atoms with E-state index in [-0.39, 0.29) is 11.0 Å². The van der Waals surface area contributed by atoms with Crippen LogP contribution >= 0.6 is 23.4 Å². The molecule has 1 aliphatic rings. The van der Waals surface area contributed by atoms with Gasteiger partial charge in [0.15, 0.2) is 0 Å². The Hall–Kier alpha value is -0.270. The lowest BCUT2D eigenvalue weighted by atomic mass is 10.2. The van der Waals surface area contributed by atoms with Gasteiger partial charge in [0, 0.05) is 22.6 Å². The predicted molar refractivity (Wildman–Crippen MR) is 77.9 cm³/mol.